The summed E-state index contributed by atoms with van der Waals surface area (Å²) in [7, 11) is 0. The van der Waals surface area contributed by atoms with E-state index in [1.165, 1.54) is 12.1 Å². The Labute approximate surface area is 322 Å². The Balaban J connectivity index is 0.937. The maximum atomic E-state index is 12.6. The number of fused-ring (bicyclic) bond motifs is 1. The molecule has 0 saturated carbocycles. The highest BCUT2D eigenvalue weighted by atomic mass is 19.4. The van der Waals surface area contributed by atoms with Gasteiger partial charge in [0, 0.05) is 63.2 Å². The fourth-order valence-electron chi connectivity index (χ4n) is 6.63. The number of phenols is 1. The number of aromatic nitrogens is 1. The molecule has 15 heteroatoms. The van der Waals surface area contributed by atoms with Gasteiger partial charge in [-0.2, -0.15) is 13.2 Å². The molecule has 3 aromatic carbocycles. The summed E-state index contributed by atoms with van der Waals surface area (Å²) in [5.41, 5.74) is 4.50. The van der Waals surface area contributed by atoms with Gasteiger partial charge in [0.05, 0.1) is 18.0 Å². The lowest BCUT2D eigenvalue weighted by Crippen LogP contribution is -2.41. The third kappa shape index (κ3) is 12.6. The van der Waals surface area contributed by atoms with Crippen LogP contribution in [0.3, 0.4) is 0 Å². The van der Waals surface area contributed by atoms with Gasteiger partial charge in [-0.05, 0) is 72.6 Å². The number of aromatic amines is 1. The predicted molar refractivity (Wildman–Crippen MR) is 204 cm³/mol. The van der Waals surface area contributed by atoms with Crippen molar-refractivity contribution in [1.82, 2.24) is 25.8 Å². The van der Waals surface area contributed by atoms with E-state index >= 15 is 0 Å². The van der Waals surface area contributed by atoms with Gasteiger partial charge in [-0.15, -0.1) is 0 Å². The number of H-pyrrole nitrogens is 1. The van der Waals surface area contributed by atoms with Gasteiger partial charge in [-0.3, -0.25) is 14.4 Å². The minimum atomic E-state index is -5.00. The van der Waals surface area contributed by atoms with Crippen LogP contribution in [-0.2, 0) is 44.9 Å². The SMILES string of the molecule is CC(Cc1ccc(CCNC(=O)Cc2ccc(CNC(=O)CCN3CCC(OC(=O)C(F)(F)F)CC3)cc2)cc1)NC[C@H](O)c1ccc(O)c2[nH]c(=O)ccc12. The highest BCUT2D eigenvalue weighted by molar-refractivity contribution is 5.87. The van der Waals surface area contributed by atoms with Gasteiger partial charge in [0.1, 0.15) is 11.9 Å². The number of halogens is 3. The van der Waals surface area contributed by atoms with E-state index in [0.717, 1.165) is 28.7 Å². The molecule has 12 nitrogen and oxygen atoms in total. The molecule has 1 fully saturated rings. The van der Waals surface area contributed by atoms with E-state index in [9.17, 15) is 42.6 Å². The zero-order valence-corrected chi connectivity index (χ0v) is 31.2. The van der Waals surface area contributed by atoms with Crippen molar-refractivity contribution >= 4 is 28.7 Å². The number of nitrogens with zero attached hydrogens (tertiary/aromatic N) is 1. The molecule has 5 rings (SSSR count). The second-order valence-corrected chi connectivity index (χ2v) is 14.2. The van der Waals surface area contributed by atoms with E-state index in [0.29, 0.717) is 55.6 Å². The Hall–Kier alpha value is -5.25. The lowest BCUT2D eigenvalue weighted by molar-refractivity contribution is -0.206. The lowest BCUT2D eigenvalue weighted by atomic mass is 10.0. The van der Waals surface area contributed by atoms with Crippen molar-refractivity contribution in [3.8, 4) is 5.75 Å². The number of alkyl halides is 3. The van der Waals surface area contributed by atoms with Crippen LogP contribution in [0.2, 0.25) is 0 Å². The summed E-state index contributed by atoms with van der Waals surface area (Å²) in [4.78, 5) is 52.3. The topological polar surface area (TPSA) is 173 Å². The van der Waals surface area contributed by atoms with Gasteiger partial charge < -0.3 is 40.8 Å². The second-order valence-electron chi connectivity index (χ2n) is 14.2. The van der Waals surface area contributed by atoms with E-state index in [1.54, 1.807) is 12.1 Å². The third-order valence-electron chi connectivity index (χ3n) is 9.80. The highest BCUT2D eigenvalue weighted by Gasteiger charge is 2.42. The Morgan fingerprint density at radius 2 is 1.55 bits per heavy atom. The summed E-state index contributed by atoms with van der Waals surface area (Å²) in [6, 6.07) is 21.7. The Morgan fingerprint density at radius 1 is 0.893 bits per heavy atom. The molecule has 4 aromatic rings. The Kier molecular flexibility index (Phi) is 14.6. The average molecular weight is 780 g/mol. The molecule has 56 heavy (non-hydrogen) atoms. The van der Waals surface area contributed by atoms with Crippen LogP contribution >= 0.6 is 0 Å². The van der Waals surface area contributed by atoms with Crippen molar-refractivity contribution < 1.29 is 42.5 Å². The van der Waals surface area contributed by atoms with Crippen molar-refractivity contribution in [2.45, 2.75) is 76.4 Å². The van der Waals surface area contributed by atoms with Crippen molar-refractivity contribution in [3.05, 3.63) is 111 Å². The van der Waals surface area contributed by atoms with Gasteiger partial charge in [-0.1, -0.05) is 54.6 Å². The molecule has 1 aromatic heterocycles. The summed E-state index contributed by atoms with van der Waals surface area (Å²) in [5, 5.41) is 30.7. The molecular weight excluding hydrogens is 731 g/mol. The second kappa shape index (κ2) is 19.6. The number of aliphatic hydroxyl groups is 1. The number of carbonyl (C=O) groups excluding carboxylic acids is 3. The summed E-state index contributed by atoms with van der Waals surface area (Å²) < 4.78 is 41.7. The standard InChI is InChI=1S/C41H48F3N5O7/c1-26(46-25-35(51)32-10-12-34(50)39-33(32)11-13-37(53)48-39)22-28-4-2-27(3-5-28)14-18-45-38(54)23-29-6-8-30(9-7-29)24-47-36(52)17-21-49-19-15-31(16-20-49)56-40(55)41(42,43)44/h2-13,26,31,35,46,50-51H,14-25H2,1H3,(H,45,54)(H,47,52)(H,48,53)/t26?,35-/m0/s1. The number of pyridine rings is 1. The lowest BCUT2D eigenvalue weighted by Gasteiger charge is -2.31. The Morgan fingerprint density at radius 3 is 2.25 bits per heavy atom. The van der Waals surface area contributed by atoms with E-state index in [1.807, 2.05) is 48.2 Å². The van der Waals surface area contributed by atoms with E-state index in [-0.39, 0.29) is 61.4 Å². The fourth-order valence-corrected chi connectivity index (χ4v) is 6.63. The number of hydrogen-bond acceptors (Lipinski definition) is 9. The quantitative estimate of drug-likeness (QED) is 0.0868. The number of amides is 2. The summed E-state index contributed by atoms with van der Waals surface area (Å²) >= 11 is 0. The smallest absolute Gasteiger partial charge is 0.490 e. The first-order valence-corrected chi connectivity index (χ1v) is 18.7. The average Bonchev–Trinajstić information content (AvgIpc) is 3.17. The van der Waals surface area contributed by atoms with Gasteiger partial charge >= 0.3 is 12.1 Å². The largest absolute Gasteiger partial charge is 0.506 e. The molecule has 1 aliphatic heterocycles. The highest BCUT2D eigenvalue weighted by Crippen LogP contribution is 2.28. The van der Waals surface area contributed by atoms with Gasteiger partial charge in [-0.25, -0.2) is 4.79 Å². The molecule has 0 bridgehead atoms. The van der Waals surface area contributed by atoms with Crippen LogP contribution < -0.4 is 21.5 Å². The number of phenolic OH excluding ortho intramolecular Hbond substituents is 1. The van der Waals surface area contributed by atoms with Gasteiger partial charge in [0.25, 0.3) is 0 Å². The number of carbonyl (C=O) groups is 3. The van der Waals surface area contributed by atoms with Crippen LogP contribution in [-0.4, -0.2) is 88.9 Å². The summed E-state index contributed by atoms with van der Waals surface area (Å²) in [6.07, 6.45) is -4.19. The molecule has 2 amide bonds. The van der Waals surface area contributed by atoms with Crippen molar-refractivity contribution in [2.75, 3.05) is 32.7 Å². The number of aromatic hydroxyl groups is 1. The minimum absolute atomic E-state index is 0.0537. The Bertz CT molecular complexity index is 2000. The summed E-state index contributed by atoms with van der Waals surface area (Å²) in [6.45, 7) is 4.46. The van der Waals surface area contributed by atoms with Crippen molar-refractivity contribution in [3.63, 3.8) is 0 Å². The fraction of sp³-hybridized carbons (Fsp3) is 0.415. The van der Waals surface area contributed by atoms with Crippen LogP contribution in [0.15, 0.2) is 77.6 Å². The van der Waals surface area contributed by atoms with Crippen LogP contribution in [0, 0.1) is 0 Å². The molecule has 1 saturated heterocycles. The molecule has 300 valence electrons. The number of likely N-dealkylation sites (tertiary alicyclic amines) is 1. The molecule has 1 unspecified atom stereocenters. The first-order valence-electron chi connectivity index (χ1n) is 18.7. The van der Waals surface area contributed by atoms with Crippen LogP contribution in [0.1, 0.15) is 60.1 Å². The number of esters is 1. The van der Waals surface area contributed by atoms with Gasteiger partial charge in [0.15, 0.2) is 0 Å². The van der Waals surface area contributed by atoms with Crippen molar-refractivity contribution in [1.29, 1.82) is 0 Å². The van der Waals surface area contributed by atoms with E-state index in [4.69, 9.17) is 0 Å². The maximum Gasteiger partial charge on any atom is 0.490 e. The van der Waals surface area contributed by atoms with Gasteiger partial charge in [0.2, 0.25) is 17.4 Å². The number of ether oxygens (including phenoxy) is 1. The van der Waals surface area contributed by atoms with Crippen LogP contribution in [0.5, 0.6) is 5.75 Å². The van der Waals surface area contributed by atoms with E-state index in [2.05, 4.69) is 37.8 Å². The molecule has 6 N–H and O–H groups in total. The number of nitrogens with one attached hydrogen (secondary N) is 4. The zero-order chi connectivity index (χ0) is 40.2. The molecule has 2 heterocycles. The number of hydrogen-bond donors (Lipinski definition) is 6. The zero-order valence-electron chi connectivity index (χ0n) is 31.2. The van der Waals surface area contributed by atoms with Crippen LogP contribution in [0.25, 0.3) is 10.9 Å². The minimum Gasteiger partial charge on any atom is -0.506 e. The molecule has 2 atom stereocenters. The first-order chi connectivity index (χ1) is 26.7. The maximum absolute atomic E-state index is 12.6. The molecular formula is C41H48F3N5O7. The molecule has 0 radical (unpaired) electrons. The normalized spacial score (nSPS) is 14.9. The predicted octanol–water partition coefficient (Wildman–Crippen LogP) is 3.97. The van der Waals surface area contributed by atoms with Crippen LogP contribution in [0.4, 0.5) is 13.2 Å². The van der Waals surface area contributed by atoms with Crippen molar-refractivity contribution in [2.24, 2.45) is 0 Å². The number of rotatable bonds is 17. The number of aliphatic hydroxyl groups excluding tert-OH is 1. The summed E-state index contributed by atoms with van der Waals surface area (Å²) in [5.74, 6) is -2.47. The number of benzene rings is 3. The monoisotopic (exact) mass is 779 g/mol. The first kappa shape index (κ1) is 41.9. The molecule has 1 aliphatic rings. The number of piperidine rings is 1. The molecule has 0 aliphatic carbocycles. The molecule has 0 spiro atoms. The third-order valence-corrected chi connectivity index (χ3v) is 9.80. The van der Waals surface area contributed by atoms with E-state index < -0.39 is 24.4 Å².